The number of rotatable bonds is 10. The van der Waals surface area contributed by atoms with E-state index in [9.17, 15) is 9.59 Å². The van der Waals surface area contributed by atoms with Gasteiger partial charge in [0.05, 0.1) is 71.8 Å². The Morgan fingerprint density at radius 3 is 1.39 bits per heavy atom. The van der Waals surface area contributed by atoms with Gasteiger partial charge in [0.25, 0.3) is 0 Å². The van der Waals surface area contributed by atoms with Gasteiger partial charge in [-0.15, -0.1) is 12.4 Å². The number of carbonyl (C=O) groups is 2. The Morgan fingerprint density at radius 1 is 0.583 bits per heavy atom. The number of carbonyl (C=O) groups excluding carboxylic acids is 2. The molecule has 4 aliphatic rings. The number of hydrogen-bond donors (Lipinski definition) is 1. The highest BCUT2D eigenvalue weighted by atomic mass is 35.5. The average Bonchev–Trinajstić information content (AvgIpc) is 4.05. The molecule has 6 aromatic heterocycles. The first-order valence-electron chi connectivity index (χ1n) is 25.0. The van der Waals surface area contributed by atoms with Gasteiger partial charge in [0.2, 0.25) is 0 Å². The third-order valence-corrected chi connectivity index (χ3v) is 13.5. The van der Waals surface area contributed by atoms with E-state index in [1.54, 1.807) is 11.8 Å². The standard InChI is InChI=1S/C25H34N8O2.C22H30N8.C3H5ClO2.ClH/c1-4-35-25(34)32-13-9-30(10-14-32)22-5-6-28-33-18-20(15-23(22)33)21-16-27-24(17-26-21)31-11-7-29(8-12-31)19(2)3;1-17(2)27-9-11-29(12-10-27)22-15-24-19(14-25-22)18-13-21-20(3-4-26-30(21)16-18)28-7-5-23-6-8-28;1-2-6-3(4)5;/h5-6,15-19H,4,7-14H2,1-3H3;3-4,13-17,23H,5-12H2,1-2H3;2H2,1H3;1H. The summed E-state index contributed by atoms with van der Waals surface area (Å²) in [6, 6.07) is 9.61. The van der Waals surface area contributed by atoms with Crippen LogP contribution in [0.25, 0.3) is 33.5 Å². The number of ether oxygens (including phenoxy) is 2. The number of halogens is 2. The molecule has 4 fully saturated rings. The lowest BCUT2D eigenvalue weighted by atomic mass is 10.2. The van der Waals surface area contributed by atoms with E-state index in [1.165, 1.54) is 5.69 Å². The van der Waals surface area contributed by atoms with Crippen LogP contribution < -0.4 is 24.9 Å². The number of piperazine rings is 4. The minimum atomic E-state index is -0.738. The van der Waals surface area contributed by atoms with Crippen LogP contribution >= 0.6 is 24.0 Å². The SMILES string of the molecule is CC(C)N1CCN(c2cnc(-c3cc4c(N5CCNCC5)ccnn4c3)cn2)CC1.CCOC(=O)Cl.CCOC(=O)N1CCN(c2ccnn3cc(-c4cnc(N5CCN(C(C)C)CC5)cn4)cc23)CC1.Cl. The van der Waals surface area contributed by atoms with Gasteiger partial charge < -0.3 is 39.3 Å². The maximum Gasteiger partial charge on any atom is 0.409 e. The van der Waals surface area contributed by atoms with Gasteiger partial charge >= 0.3 is 11.5 Å². The van der Waals surface area contributed by atoms with Gasteiger partial charge in [0.15, 0.2) is 0 Å². The summed E-state index contributed by atoms with van der Waals surface area (Å²) in [5.41, 5.74) is 7.47. The fourth-order valence-electron chi connectivity index (χ4n) is 9.38. The van der Waals surface area contributed by atoms with Crippen LogP contribution in [0, 0.1) is 0 Å². The molecule has 0 aliphatic carbocycles. The second-order valence-corrected chi connectivity index (χ2v) is 18.7. The molecule has 4 aliphatic heterocycles. The molecule has 10 heterocycles. The first kappa shape index (κ1) is 53.7. The first-order chi connectivity index (χ1) is 34.5. The van der Waals surface area contributed by atoms with Crippen molar-refractivity contribution in [1.82, 2.24) is 59.2 Å². The third-order valence-electron chi connectivity index (χ3n) is 13.4. The Labute approximate surface area is 433 Å². The van der Waals surface area contributed by atoms with E-state index >= 15 is 0 Å². The van der Waals surface area contributed by atoms with Crippen LogP contribution in [0.2, 0.25) is 0 Å². The van der Waals surface area contributed by atoms with Crippen LogP contribution in [0.3, 0.4) is 0 Å². The number of hydrogen-bond acceptors (Lipinski definition) is 17. The lowest BCUT2D eigenvalue weighted by Crippen LogP contribution is -2.49. The number of amides is 1. The van der Waals surface area contributed by atoms with Crippen molar-refractivity contribution in [3.05, 3.63) is 73.8 Å². The molecule has 0 spiro atoms. The van der Waals surface area contributed by atoms with Gasteiger partial charge in [-0.25, -0.2) is 28.6 Å². The fourth-order valence-corrected chi connectivity index (χ4v) is 9.49. The van der Waals surface area contributed by atoms with E-state index in [-0.39, 0.29) is 18.5 Å². The molecule has 1 amide bonds. The molecular weight excluding hydrogens is 960 g/mol. The zero-order chi connectivity index (χ0) is 49.9. The van der Waals surface area contributed by atoms with E-state index in [4.69, 9.17) is 36.3 Å². The maximum atomic E-state index is 12.0. The van der Waals surface area contributed by atoms with E-state index in [2.05, 4.69) is 95.5 Å². The summed E-state index contributed by atoms with van der Waals surface area (Å²) in [4.78, 5) is 56.7. The number of aromatic nitrogens is 8. The Kier molecular flexibility index (Phi) is 19.1. The molecule has 0 aromatic carbocycles. The van der Waals surface area contributed by atoms with Crippen molar-refractivity contribution in [2.75, 3.05) is 138 Å². The van der Waals surface area contributed by atoms with Crippen molar-refractivity contribution in [3.8, 4) is 22.5 Å². The molecule has 10 rings (SSSR count). The van der Waals surface area contributed by atoms with E-state index < -0.39 is 5.43 Å². The molecule has 72 heavy (non-hydrogen) atoms. The summed E-state index contributed by atoms with van der Waals surface area (Å²) in [6.07, 6.45) is 15.0. The average molecular weight is 1030 g/mol. The molecule has 0 saturated carbocycles. The molecule has 1 N–H and O–H groups in total. The van der Waals surface area contributed by atoms with Crippen LogP contribution in [-0.2, 0) is 9.47 Å². The monoisotopic (exact) mass is 1030 g/mol. The van der Waals surface area contributed by atoms with Crippen molar-refractivity contribution in [2.45, 2.75) is 53.6 Å². The Balaban J connectivity index is 0.000000189. The summed E-state index contributed by atoms with van der Waals surface area (Å²) in [6.45, 7) is 28.3. The summed E-state index contributed by atoms with van der Waals surface area (Å²) in [5.74, 6) is 1.89. The largest absolute Gasteiger partial charge is 0.454 e. The Morgan fingerprint density at radius 2 is 1.01 bits per heavy atom. The van der Waals surface area contributed by atoms with Crippen LogP contribution in [0.1, 0.15) is 41.5 Å². The molecule has 388 valence electrons. The van der Waals surface area contributed by atoms with Crippen molar-refractivity contribution in [2.24, 2.45) is 0 Å². The van der Waals surface area contributed by atoms with Crippen LogP contribution in [0.5, 0.6) is 0 Å². The van der Waals surface area contributed by atoms with E-state index in [0.29, 0.717) is 38.4 Å². The van der Waals surface area contributed by atoms with Crippen LogP contribution in [0.15, 0.2) is 73.8 Å². The summed E-state index contributed by atoms with van der Waals surface area (Å²) in [7, 11) is 0. The minimum Gasteiger partial charge on any atom is -0.454 e. The summed E-state index contributed by atoms with van der Waals surface area (Å²) >= 11 is 4.72. The predicted octanol–water partition coefficient (Wildman–Crippen LogP) is 6.14. The van der Waals surface area contributed by atoms with Crippen molar-refractivity contribution in [1.29, 1.82) is 0 Å². The molecule has 0 bridgehead atoms. The lowest BCUT2D eigenvalue weighted by Gasteiger charge is -2.37. The summed E-state index contributed by atoms with van der Waals surface area (Å²) < 4.78 is 13.2. The molecule has 0 atom stereocenters. The van der Waals surface area contributed by atoms with Gasteiger partial charge in [0, 0.05) is 164 Å². The lowest BCUT2D eigenvalue weighted by molar-refractivity contribution is 0.105. The molecule has 4 saturated heterocycles. The van der Waals surface area contributed by atoms with Crippen molar-refractivity contribution < 1.29 is 19.1 Å². The topological polar surface area (TPSA) is 173 Å². The van der Waals surface area contributed by atoms with E-state index in [0.717, 1.165) is 142 Å². The second kappa shape index (κ2) is 25.5. The molecular formula is C50H70Cl2N16O4. The number of fused-ring (bicyclic) bond motifs is 2. The maximum absolute atomic E-state index is 12.0. The highest BCUT2D eigenvalue weighted by Crippen LogP contribution is 2.30. The van der Waals surface area contributed by atoms with Crippen molar-refractivity contribution in [3.63, 3.8) is 0 Å². The minimum absolute atomic E-state index is 0. The van der Waals surface area contributed by atoms with Gasteiger partial charge in [0.1, 0.15) is 11.6 Å². The Bertz CT molecular complexity index is 2640. The number of anilines is 4. The van der Waals surface area contributed by atoms with Gasteiger partial charge in [-0.3, -0.25) is 19.8 Å². The predicted molar refractivity (Wildman–Crippen MR) is 286 cm³/mol. The first-order valence-corrected chi connectivity index (χ1v) is 25.4. The van der Waals surface area contributed by atoms with Gasteiger partial charge in [-0.2, -0.15) is 10.2 Å². The molecule has 6 aromatic rings. The van der Waals surface area contributed by atoms with Crippen LogP contribution in [0.4, 0.5) is 32.6 Å². The van der Waals surface area contributed by atoms with Crippen LogP contribution in [-0.4, -0.2) is 195 Å². The fraction of sp³-hybridized carbons (Fsp3) is 0.520. The molecule has 22 heteroatoms. The van der Waals surface area contributed by atoms with E-state index in [1.807, 2.05) is 71.6 Å². The quantitative estimate of drug-likeness (QED) is 0.155. The number of nitrogens with one attached hydrogen (secondary N) is 1. The van der Waals surface area contributed by atoms with Gasteiger partial charge in [-0.05, 0) is 65.8 Å². The highest BCUT2D eigenvalue weighted by molar-refractivity contribution is 6.61. The number of nitrogens with zero attached hydrogens (tertiary/aromatic N) is 15. The second-order valence-electron chi connectivity index (χ2n) is 18.4. The molecule has 20 nitrogen and oxygen atoms in total. The zero-order valence-electron chi connectivity index (χ0n) is 42.4. The van der Waals surface area contributed by atoms with Crippen molar-refractivity contribution >= 4 is 69.6 Å². The Hall–Kier alpha value is -6.06. The third kappa shape index (κ3) is 13.3. The highest BCUT2D eigenvalue weighted by Gasteiger charge is 2.25. The smallest absolute Gasteiger partial charge is 0.409 e. The normalized spacial score (nSPS) is 16.8. The molecule has 0 radical (unpaired) electrons. The molecule has 0 unspecified atom stereocenters. The van der Waals surface area contributed by atoms with Gasteiger partial charge in [-0.1, -0.05) is 0 Å². The zero-order valence-corrected chi connectivity index (χ0v) is 44.0. The summed E-state index contributed by atoms with van der Waals surface area (Å²) in [5, 5.41) is 12.4.